The molecule has 1 atom stereocenters. The average molecular weight is 478 g/mol. The van der Waals surface area contributed by atoms with Crippen molar-refractivity contribution in [2.75, 3.05) is 18.6 Å². The van der Waals surface area contributed by atoms with Gasteiger partial charge in [0.2, 0.25) is 0 Å². The molecule has 1 amide bonds. The molecule has 3 aromatic carbocycles. The number of nitrogens with one attached hydrogen (secondary N) is 1. The molecule has 0 aliphatic heterocycles. The number of carboxylic acids is 1. The summed E-state index contributed by atoms with van der Waals surface area (Å²) in [5.41, 5.74) is 4.37. The summed E-state index contributed by atoms with van der Waals surface area (Å²) < 4.78 is 6.01. The van der Waals surface area contributed by atoms with E-state index in [9.17, 15) is 14.7 Å². The van der Waals surface area contributed by atoms with Crippen LogP contribution in [0.3, 0.4) is 0 Å². The van der Waals surface area contributed by atoms with Gasteiger partial charge in [0.1, 0.15) is 11.8 Å². The summed E-state index contributed by atoms with van der Waals surface area (Å²) in [4.78, 5) is 24.8. The fraction of sp³-hybridized carbons (Fsp3) is 0.286. The first kappa shape index (κ1) is 25.4. The third kappa shape index (κ3) is 7.12. The average Bonchev–Trinajstić information content (AvgIpc) is 2.85. The molecule has 0 aliphatic rings. The van der Waals surface area contributed by atoms with Crippen LogP contribution < -0.4 is 10.1 Å². The number of amides is 1. The molecule has 6 heteroatoms. The van der Waals surface area contributed by atoms with E-state index in [1.165, 1.54) is 5.56 Å². The Morgan fingerprint density at radius 3 is 2.44 bits per heavy atom. The van der Waals surface area contributed by atoms with Crippen molar-refractivity contribution in [1.82, 2.24) is 5.32 Å². The SMILES string of the molecule is CSCCC(NC(=O)c1ccc(OCCCc2ccccc2)cc1-c1ccccc1C)C(=O)O. The minimum absolute atomic E-state index is 0.366. The molecule has 2 N–H and O–H groups in total. The van der Waals surface area contributed by atoms with Crippen LogP contribution in [0.2, 0.25) is 0 Å². The van der Waals surface area contributed by atoms with Crippen molar-refractivity contribution >= 4 is 23.6 Å². The van der Waals surface area contributed by atoms with Crippen molar-refractivity contribution in [1.29, 1.82) is 0 Å². The van der Waals surface area contributed by atoms with E-state index < -0.39 is 17.9 Å². The maximum absolute atomic E-state index is 13.1. The second-order valence-electron chi connectivity index (χ2n) is 8.11. The first-order chi connectivity index (χ1) is 16.5. The molecule has 0 fully saturated rings. The van der Waals surface area contributed by atoms with E-state index in [1.807, 2.05) is 61.7 Å². The standard InChI is InChI=1S/C28H31NO4S/c1-20-9-6-7-13-23(20)25-19-22(33-17-8-12-21-10-4-3-5-11-21)14-15-24(25)27(30)29-26(28(31)32)16-18-34-2/h3-7,9-11,13-15,19,26H,8,12,16-18H2,1-2H3,(H,29,30)(H,31,32). The molecular formula is C28H31NO4S. The minimum Gasteiger partial charge on any atom is -0.494 e. The number of thioether (sulfide) groups is 1. The lowest BCUT2D eigenvalue weighted by Crippen LogP contribution is -2.41. The molecule has 0 radical (unpaired) electrons. The van der Waals surface area contributed by atoms with Crippen LogP contribution in [0.1, 0.15) is 34.3 Å². The number of aliphatic carboxylic acids is 1. The van der Waals surface area contributed by atoms with Crippen LogP contribution in [0, 0.1) is 6.92 Å². The summed E-state index contributed by atoms with van der Waals surface area (Å²) in [5.74, 6) is -0.0990. The van der Waals surface area contributed by atoms with E-state index in [-0.39, 0.29) is 0 Å². The quantitative estimate of drug-likeness (QED) is 0.332. The number of carboxylic acid groups (broad SMARTS) is 1. The highest BCUT2D eigenvalue weighted by Crippen LogP contribution is 2.31. The summed E-state index contributed by atoms with van der Waals surface area (Å²) in [6, 6.07) is 22.5. The van der Waals surface area contributed by atoms with E-state index in [4.69, 9.17) is 4.74 Å². The Morgan fingerprint density at radius 2 is 1.74 bits per heavy atom. The van der Waals surface area contributed by atoms with Crippen LogP contribution in [0.4, 0.5) is 0 Å². The van der Waals surface area contributed by atoms with E-state index >= 15 is 0 Å². The molecule has 0 aromatic heterocycles. The van der Waals surface area contributed by atoms with E-state index in [1.54, 1.807) is 23.9 Å². The predicted molar refractivity (Wildman–Crippen MR) is 139 cm³/mol. The van der Waals surface area contributed by atoms with Crippen molar-refractivity contribution in [2.45, 2.75) is 32.2 Å². The molecule has 0 saturated carbocycles. The van der Waals surface area contributed by atoms with Crippen LogP contribution in [0.25, 0.3) is 11.1 Å². The van der Waals surface area contributed by atoms with Gasteiger partial charge in [-0.25, -0.2) is 4.79 Å². The Hall–Kier alpha value is -3.25. The summed E-state index contributed by atoms with van der Waals surface area (Å²) in [5, 5.41) is 12.2. The summed E-state index contributed by atoms with van der Waals surface area (Å²) in [6.07, 6.45) is 4.08. The molecule has 0 spiro atoms. The van der Waals surface area contributed by atoms with Gasteiger partial charge in [-0.3, -0.25) is 4.79 Å². The maximum Gasteiger partial charge on any atom is 0.326 e. The second-order valence-corrected chi connectivity index (χ2v) is 9.09. The fourth-order valence-electron chi connectivity index (χ4n) is 3.75. The van der Waals surface area contributed by atoms with Crippen LogP contribution in [-0.2, 0) is 11.2 Å². The predicted octanol–water partition coefficient (Wildman–Crippen LogP) is 5.61. The molecule has 3 rings (SSSR count). The van der Waals surface area contributed by atoms with Gasteiger partial charge in [-0.15, -0.1) is 0 Å². The van der Waals surface area contributed by atoms with Gasteiger partial charge in [-0.1, -0.05) is 54.6 Å². The van der Waals surface area contributed by atoms with Crippen LogP contribution in [-0.4, -0.2) is 41.6 Å². The molecule has 34 heavy (non-hydrogen) atoms. The summed E-state index contributed by atoms with van der Waals surface area (Å²) >= 11 is 1.55. The number of aryl methyl sites for hydroxylation is 2. The zero-order chi connectivity index (χ0) is 24.3. The normalized spacial score (nSPS) is 11.6. The lowest BCUT2D eigenvalue weighted by molar-refractivity contribution is -0.139. The van der Waals surface area contributed by atoms with E-state index in [0.29, 0.717) is 30.1 Å². The highest BCUT2D eigenvalue weighted by molar-refractivity contribution is 7.98. The highest BCUT2D eigenvalue weighted by Gasteiger charge is 2.23. The number of carbonyl (C=O) groups excluding carboxylic acids is 1. The van der Waals surface area contributed by atoms with Gasteiger partial charge in [0.05, 0.1) is 6.61 Å². The van der Waals surface area contributed by atoms with E-state index in [0.717, 1.165) is 29.5 Å². The zero-order valence-electron chi connectivity index (χ0n) is 19.6. The number of benzene rings is 3. The lowest BCUT2D eigenvalue weighted by atomic mass is 9.95. The maximum atomic E-state index is 13.1. The number of hydrogen-bond acceptors (Lipinski definition) is 4. The Bertz CT molecular complexity index is 1100. The largest absolute Gasteiger partial charge is 0.494 e. The molecule has 0 saturated heterocycles. The number of ether oxygens (including phenoxy) is 1. The van der Waals surface area contributed by atoms with Crippen molar-refractivity contribution in [3.63, 3.8) is 0 Å². The van der Waals surface area contributed by atoms with Crippen LogP contribution >= 0.6 is 11.8 Å². The zero-order valence-corrected chi connectivity index (χ0v) is 20.4. The van der Waals surface area contributed by atoms with Gasteiger partial charge in [0, 0.05) is 5.56 Å². The topological polar surface area (TPSA) is 75.6 Å². The lowest BCUT2D eigenvalue weighted by Gasteiger charge is -2.18. The first-order valence-corrected chi connectivity index (χ1v) is 12.8. The van der Waals surface area contributed by atoms with Gasteiger partial charge >= 0.3 is 5.97 Å². The number of carbonyl (C=O) groups is 2. The van der Waals surface area contributed by atoms with Crippen LogP contribution in [0.5, 0.6) is 5.75 Å². The molecule has 0 bridgehead atoms. The fourth-order valence-corrected chi connectivity index (χ4v) is 4.22. The summed E-state index contributed by atoms with van der Waals surface area (Å²) in [7, 11) is 0. The second kappa shape index (κ2) is 12.8. The Kier molecular flexibility index (Phi) is 9.59. The third-order valence-corrected chi connectivity index (χ3v) is 6.25. The third-order valence-electron chi connectivity index (χ3n) is 5.61. The van der Waals surface area contributed by atoms with Crippen molar-refractivity contribution in [2.24, 2.45) is 0 Å². The molecule has 0 aliphatic carbocycles. The van der Waals surface area contributed by atoms with Gasteiger partial charge < -0.3 is 15.2 Å². The number of rotatable bonds is 12. The Balaban J connectivity index is 1.79. The smallest absolute Gasteiger partial charge is 0.326 e. The Labute approximate surface area is 205 Å². The molecule has 0 heterocycles. The molecule has 5 nitrogen and oxygen atoms in total. The first-order valence-electron chi connectivity index (χ1n) is 11.4. The monoisotopic (exact) mass is 477 g/mol. The van der Waals surface area contributed by atoms with Crippen molar-refractivity contribution in [3.05, 3.63) is 89.5 Å². The summed E-state index contributed by atoms with van der Waals surface area (Å²) in [6.45, 7) is 2.55. The van der Waals surface area contributed by atoms with Gasteiger partial charge in [0.15, 0.2) is 0 Å². The van der Waals surface area contributed by atoms with Gasteiger partial charge in [0.25, 0.3) is 5.91 Å². The van der Waals surface area contributed by atoms with Crippen molar-refractivity contribution < 1.29 is 19.4 Å². The van der Waals surface area contributed by atoms with Crippen molar-refractivity contribution in [3.8, 4) is 16.9 Å². The van der Waals surface area contributed by atoms with Crippen LogP contribution in [0.15, 0.2) is 72.8 Å². The molecule has 3 aromatic rings. The van der Waals surface area contributed by atoms with E-state index in [2.05, 4.69) is 17.4 Å². The molecule has 1 unspecified atom stereocenters. The molecule has 178 valence electrons. The van der Waals surface area contributed by atoms with Gasteiger partial charge in [-0.2, -0.15) is 11.8 Å². The Morgan fingerprint density at radius 1 is 1.00 bits per heavy atom. The number of hydrogen-bond donors (Lipinski definition) is 2. The molecular weight excluding hydrogens is 446 g/mol. The minimum atomic E-state index is -1.03. The highest BCUT2D eigenvalue weighted by atomic mass is 32.2. The van der Waals surface area contributed by atoms with Gasteiger partial charge in [-0.05, 0) is 78.6 Å².